The van der Waals surface area contributed by atoms with E-state index in [0.29, 0.717) is 6.54 Å². The summed E-state index contributed by atoms with van der Waals surface area (Å²) in [5, 5.41) is 8.63. The standard InChI is InChI=1S/C14H24N2O4/c1-4-5-10(2)16-9-11(8-12(16)17)14(20)15(3)7-6-13(18)19/h10-11H,4-9H2,1-3H3,(H,18,19). The number of carboxylic acid groups (broad SMARTS) is 1. The molecule has 2 unspecified atom stereocenters. The maximum Gasteiger partial charge on any atom is 0.305 e. The number of carboxylic acids is 1. The Balaban J connectivity index is 2.54. The number of hydrogen-bond acceptors (Lipinski definition) is 3. The third-order valence-corrected chi connectivity index (χ3v) is 3.78. The zero-order chi connectivity index (χ0) is 15.3. The predicted molar refractivity (Wildman–Crippen MR) is 74.1 cm³/mol. The summed E-state index contributed by atoms with van der Waals surface area (Å²) in [5.74, 6) is -1.37. The lowest BCUT2D eigenvalue weighted by atomic mass is 10.1. The molecule has 1 heterocycles. The van der Waals surface area contributed by atoms with Gasteiger partial charge in [-0.15, -0.1) is 0 Å². The van der Waals surface area contributed by atoms with E-state index in [9.17, 15) is 14.4 Å². The molecule has 0 bridgehead atoms. The van der Waals surface area contributed by atoms with Crippen LogP contribution in [-0.4, -0.2) is 58.9 Å². The van der Waals surface area contributed by atoms with Gasteiger partial charge in [0.2, 0.25) is 11.8 Å². The topological polar surface area (TPSA) is 77.9 Å². The van der Waals surface area contributed by atoms with Crippen LogP contribution >= 0.6 is 0 Å². The van der Waals surface area contributed by atoms with Crippen LogP contribution in [0.3, 0.4) is 0 Å². The minimum Gasteiger partial charge on any atom is -0.481 e. The Labute approximate surface area is 119 Å². The van der Waals surface area contributed by atoms with Gasteiger partial charge in [0.15, 0.2) is 0 Å². The van der Waals surface area contributed by atoms with Crippen LogP contribution in [0.5, 0.6) is 0 Å². The van der Waals surface area contributed by atoms with Crippen molar-refractivity contribution in [1.82, 2.24) is 9.80 Å². The quantitative estimate of drug-likeness (QED) is 0.755. The van der Waals surface area contributed by atoms with Crippen molar-refractivity contribution in [3.63, 3.8) is 0 Å². The van der Waals surface area contributed by atoms with Crippen LogP contribution < -0.4 is 0 Å². The molecular formula is C14H24N2O4. The number of aliphatic carboxylic acids is 1. The SMILES string of the molecule is CCCC(C)N1CC(C(=O)N(C)CCC(=O)O)CC1=O. The summed E-state index contributed by atoms with van der Waals surface area (Å²) in [6, 6.07) is 0.162. The molecule has 6 nitrogen and oxygen atoms in total. The molecule has 0 aromatic rings. The van der Waals surface area contributed by atoms with Gasteiger partial charge in [-0.2, -0.15) is 0 Å². The smallest absolute Gasteiger partial charge is 0.305 e. The Kier molecular flexibility index (Phi) is 5.98. The first-order chi connectivity index (χ1) is 9.36. The van der Waals surface area contributed by atoms with Crippen LogP contribution in [-0.2, 0) is 14.4 Å². The predicted octanol–water partition coefficient (Wildman–Crippen LogP) is 0.957. The number of rotatable bonds is 7. The molecule has 114 valence electrons. The second-order valence-electron chi connectivity index (χ2n) is 5.49. The molecular weight excluding hydrogens is 260 g/mol. The number of likely N-dealkylation sites (tertiary alicyclic amines) is 1. The van der Waals surface area contributed by atoms with Crippen LogP contribution in [0.2, 0.25) is 0 Å². The molecule has 0 aliphatic carbocycles. The van der Waals surface area contributed by atoms with Crippen molar-refractivity contribution >= 4 is 17.8 Å². The average molecular weight is 284 g/mol. The summed E-state index contributed by atoms with van der Waals surface area (Å²) < 4.78 is 0. The molecule has 0 radical (unpaired) electrons. The molecule has 6 heteroatoms. The van der Waals surface area contributed by atoms with E-state index >= 15 is 0 Å². The van der Waals surface area contributed by atoms with E-state index in [4.69, 9.17) is 5.11 Å². The van der Waals surface area contributed by atoms with Crippen molar-refractivity contribution in [2.45, 2.75) is 45.6 Å². The van der Waals surface area contributed by atoms with E-state index < -0.39 is 5.97 Å². The first-order valence-corrected chi connectivity index (χ1v) is 7.13. The van der Waals surface area contributed by atoms with Crippen LogP contribution in [0, 0.1) is 5.92 Å². The van der Waals surface area contributed by atoms with Gasteiger partial charge < -0.3 is 14.9 Å². The van der Waals surface area contributed by atoms with E-state index in [1.807, 2.05) is 6.92 Å². The van der Waals surface area contributed by atoms with Crippen molar-refractivity contribution in [3.8, 4) is 0 Å². The molecule has 0 spiro atoms. The Morgan fingerprint density at radius 2 is 2.15 bits per heavy atom. The van der Waals surface area contributed by atoms with Crippen LogP contribution in [0.15, 0.2) is 0 Å². The average Bonchev–Trinajstić information content (AvgIpc) is 2.77. The van der Waals surface area contributed by atoms with Gasteiger partial charge in [-0.05, 0) is 13.3 Å². The van der Waals surface area contributed by atoms with Gasteiger partial charge in [0.05, 0.1) is 12.3 Å². The summed E-state index contributed by atoms with van der Waals surface area (Å²) in [4.78, 5) is 37.8. The molecule has 1 fully saturated rings. The highest BCUT2D eigenvalue weighted by Crippen LogP contribution is 2.23. The molecule has 0 aromatic carbocycles. The largest absolute Gasteiger partial charge is 0.481 e. The fourth-order valence-corrected chi connectivity index (χ4v) is 2.58. The molecule has 2 atom stereocenters. The lowest BCUT2D eigenvalue weighted by Gasteiger charge is -2.25. The van der Waals surface area contributed by atoms with Crippen molar-refractivity contribution in [1.29, 1.82) is 0 Å². The summed E-state index contributed by atoms with van der Waals surface area (Å²) in [6.45, 7) is 4.71. The molecule has 1 rings (SSSR count). The van der Waals surface area contributed by atoms with E-state index in [0.717, 1.165) is 12.8 Å². The molecule has 20 heavy (non-hydrogen) atoms. The van der Waals surface area contributed by atoms with Gasteiger partial charge in [0.1, 0.15) is 0 Å². The number of nitrogens with zero attached hydrogens (tertiary/aromatic N) is 2. The summed E-state index contributed by atoms with van der Waals surface area (Å²) in [5.41, 5.74) is 0. The molecule has 0 saturated carbocycles. The highest BCUT2D eigenvalue weighted by Gasteiger charge is 2.37. The third-order valence-electron chi connectivity index (χ3n) is 3.78. The lowest BCUT2D eigenvalue weighted by molar-refractivity contribution is -0.139. The molecule has 1 saturated heterocycles. The monoisotopic (exact) mass is 284 g/mol. The van der Waals surface area contributed by atoms with Crippen LogP contribution in [0.25, 0.3) is 0 Å². The lowest BCUT2D eigenvalue weighted by Crippen LogP contribution is -2.38. The number of hydrogen-bond donors (Lipinski definition) is 1. The molecule has 1 aliphatic heterocycles. The van der Waals surface area contributed by atoms with Gasteiger partial charge >= 0.3 is 5.97 Å². The Bertz CT molecular complexity index is 383. The third kappa shape index (κ3) is 4.21. The van der Waals surface area contributed by atoms with Crippen molar-refractivity contribution in [2.75, 3.05) is 20.1 Å². The molecule has 2 amide bonds. The number of carbonyl (C=O) groups is 3. The number of carbonyl (C=O) groups excluding carboxylic acids is 2. The highest BCUT2D eigenvalue weighted by atomic mass is 16.4. The second-order valence-corrected chi connectivity index (χ2v) is 5.49. The zero-order valence-corrected chi connectivity index (χ0v) is 12.5. The van der Waals surface area contributed by atoms with Crippen molar-refractivity contribution in [3.05, 3.63) is 0 Å². The summed E-state index contributed by atoms with van der Waals surface area (Å²) in [7, 11) is 1.59. The molecule has 1 aliphatic rings. The molecule has 0 aromatic heterocycles. The van der Waals surface area contributed by atoms with Gasteiger partial charge in [-0.1, -0.05) is 13.3 Å². The second kappa shape index (κ2) is 7.26. The normalized spacial score (nSPS) is 20.1. The number of amides is 2. The van der Waals surface area contributed by atoms with Crippen molar-refractivity contribution in [2.24, 2.45) is 5.92 Å². The fraction of sp³-hybridized carbons (Fsp3) is 0.786. The Hall–Kier alpha value is -1.59. The summed E-state index contributed by atoms with van der Waals surface area (Å²) in [6.07, 6.45) is 2.10. The zero-order valence-electron chi connectivity index (χ0n) is 12.5. The van der Waals surface area contributed by atoms with Gasteiger partial charge in [0, 0.05) is 32.6 Å². The Morgan fingerprint density at radius 1 is 1.50 bits per heavy atom. The maximum atomic E-state index is 12.2. The van der Waals surface area contributed by atoms with E-state index in [2.05, 4.69) is 6.92 Å². The van der Waals surface area contributed by atoms with E-state index in [1.54, 1.807) is 11.9 Å². The van der Waals surface area contributed by atoms with Crippen LogP contribution in [0.4, 0.5) is 0 Å². The first-order valence-electron chi connectivity index (χ1n) is 7.13. The van der Waals surface area contributed by atoms with E-state index in [1.165, 1.54) is 4.90 Å². The van der Waals surface area contributed by atoms with Gasteiger partial charge in [-0.3, -0.25) is 14.4 Å². The fourth-order valence-electron chi connectivity index (χ4n) is 2.58. The maximum absolute atomic E-state index is 12.2. The highest BCUT2D eigenvalue weighted by molar-refractivity contribution is 5.89. The first kappa shape index (κ1) is 16.5. The van der Waals surface area contributed by atoms with E-state index in [-0.39, 0.29) is 43.2 Å². The van der Waals surface area contributed by atoms with Gasteiger partial charge in [-0.25, -0.2) is 0 Å². The van der Waals surface area contributed by atoms with Crippen LogP contribution in [0.1, 0.15) is 39.5 Å². The minimum absolute atomic E-state index is 0.0240. The minimum atomic E-state index is -0.926. The van der Waals surface area contributed by atoms with Crippen molar-refractivity contribution < 1.29 is 19.5 Å². The Morgan fingerprint density at radius 3 is 2.70 bits per heavy atom. The summed E-state index contributed by atoms with van der Waals surface area (Å²) >= 11 is 0. The van der Waals surface area contributed by atoms with Gasteiger partial charge in [0.25, 0.3) is 0 Å². The molecule has 1 N–H and O–H groups in total.